The van der Waals surface area contributed by atoms with Gasteiger partial charge in [0.1, 0.15) is 5.54 Å². The van der Waals surface area contributed by atoms with Crippen LogP contribution in [0.2, 0.25) is 5.02 Å². The number of aryl methyl sites for hydroxylation is 1. The van der Waals surface area contributed by atoms with E-state index < -0.39 is 16.4 Å². The molecule has 1 aliphatic carbocycles. The van der Waals surface area contributed by atoms with Crippen LogP contribution in [-0.2, 0) is 5.54 Å². The highest BCUT2D eigenvalue weighted by Crippen LogP contribution is 2.38. The van der Waals surface area contributed by atoms with Gasteiger partial charge in [-0.05, 0) is 18.9 Å². The molecule has 1 fully saturated rings. The minimum absolute atomic E-state index is 0.0531. The van der Waals surface area contributed by atoms with Crippen molar-refractivity contribution in [2.24, 2.45) is 0 Å². The molecule has 0 bridgehead atoms. The van der Waals surface area contributed by atoms with E-state index in [1.54, 1.807) is 6.92 Å². The molecule has 0 atom stereocenters. The Morgan fingerprint density at radius 1 is 1.42 bits per heavy atom. The molecule has 1 aromatic carbocycles. The number of carbonyl (C=O) groups is 1. The van der Waals surface area contributed by atoms with Crippen molar-refractivity contribution in [3.05, 3.63) is 50.6 Å². The van der Waals surface area contributed by atoms with E-state index in [2.05, 4.69) is 15.5 Å². The van der Waals surface area contributed by atoms with E-state index in [4.69, 9.17) is 16.1 Å². The number of aromatic nitrogens is 2. The third-order valence-corrected chi connectivity index (χ3v) is 4.50. The molecule has 2 aromatic rings. The quantitative estimate of drug-likeness (QED) is 0.669. The first-order valence-corrected chi connectivity index (χ1v) is 7.86. The molecule has 24 heavy (non-hydrogen) atoms. The topological polar surface area (TPSA) is 111 Å². The lowest BCUT2D eigenvalue weighted by Gasteiger charge is -2.26. The van der Waals surface area contributed by atoms with E-state index in [1.807, 2.05) is 0 Å². The highest BCUT2D eigenvalue weighted by molar-refractivity contribution is 6.34. The third-order valence-electron chi connectivity index (χ3n) is 4.17. The molecule has 3 rings (SSSR count). The molecule has 1 saturated carbocycles. The van der Waals surface area contributed by atoms with Crippen molar-refractivity contribution in [1.29, 1.82) is 0 Å². The van der Waals surface area contributed by atoms with E-state index >= 15 is 0 Å². The predicted octanol–water partition coefficient (Wildman–Crippen LogP) is 3.14. The molecular formula is C15H15ClN4O4. The fourth-order valence-corrected chi connectivity index (χ4v) is 3.17. The number of nitrogens with one attached hydrogen (secondary N) is 1. The summed E-state index contributed by atoms with van der Waals surface area (Å²) in [5, 5.41) is 17.9. The Morgan fingerprint density at radius 3 is 2.71 bits per heavy atom. The number of nitro groups is 1. The van der Waals surface area contributed by atoms with Crippen LogP contribution in [0.3, 0.4) is 0 Å². The lowest BCUT2D eigenvalue weighted by molar-refractivity contribution is -0.384. The molecule has 0 unspecified atom stereocenters. The average Bonchev–Trinajstić information content (AvgIpc) is 3.17. The zero-order chi connectivity index (χ0) is 17.3. The summed E-state index contributed by atoms with van der Waals surface area (Å²) in [5.74, 6) is 0.347. The second-order valence-corrected chi connectivity index (χ2v) is 6.21. The van der Waals surface area contributed by atoms with Crippen LogP contribution in [0.1, 0.15) is 47.8 Å². The minimum Gasteiger partial charge on any atom is -0.340 e. The summed E-state index contributed by atoms with van der Waals surface area (Å²) in [6.45, 7) is 1.68. The van der Waals surface area contributed by atoms with Crippen LogP contribution in [0, 0.1) is 17.0 Å². The maximum atomic E-state index is 12.7. The number of carbonyl (C=O) groups excluding carboxylic acids is 1. The highest BCUT2D eigenvalue weighted by Gasteiger charge is 2.41. The summed E-state index contributed by atoms with van der Waals surface area (Å²) in [7, 11) is 0. The number of rotatable bonds is 4. The fourth-order valence-electron chi connectivity index (χ4n) is 2.96. The Balaban J connectivity index is 1.92. The van der Waals surface area contributed by atoms with Crippen molar-refractivity contribution in [3.8, 4) is 0 Å². The van der Waals surface area contributed by atoms with Gasteiger partial charge >= 0.3 is 0 Å². The minimum atomic E-state index is -0.733. The van der Waals surface area contributed by atoms with E-state index in [0.717, 1.165) is 12.8 Å². The predicted molar refractivity (Wildman–Crippen MR) is 84.8 cm³/mol. The number of nitro benzene ring substituents is 1. The van der Waals surface area contributed by atoms with Crippen LogP contribution in [0.4, 0.5) is 5.69 Å². The van der Waals surface area contributed by atoms with E-state index in [-0.39, 0.29) is 16.3 Å². The summed E-state index contributed by atoms with van der Waals surface area (Å²) in [6.07, 6.45) is 3.17. The first-order chi connectivity index (χ1) is 11.4. The monoisotopic (exact) mass is 350 g/mol. The maximum absolute atomic E-state index is 12.7. The van der Waals surface area contributed by atoms with Gasteiger partial charge in [0.15, 0.2) is 5.82 Å². The van der Waals surface area contributed by atoms with Gasteiger partial charge in [-0.15, -0.1) is 0 Å². The van der Waals surface area contributed by atoms with E-state index in [9.17, 15) is 14.9 Å². The second-order valence-electron chi connectivity index (χ2n) is 5.80. The van der Waals surface area contributed by atoms with Gasteiger partial charge in [-0.2, -0.15) is 4.98 Å². The van der Waals surface area contributed by atoms with Crippen molar-refractivity contribution in [1.82, 2.24) is 15.5 Å². The number of non-ortho nitro benzene ring substituents is 1. The Hall–Kier alpha value is -2.48. The number of amides is 1. The molecule has 0 aliphatic heterocycles. The molecule has 1 heterocycles. The van der Waals surface area contributed by atoms with Gasteiger partial charge in [0.2, 0.25) is 5.89 Å². The summed E-state index contributed by atoms with van der Waals surface area (Å²) in [4.78, 5) is 27.3. The maximum Gasteiger partial charge on any atom is 0.270 e. The zero-order valence-corrected chi connectivity index (χ0v) is 13.7. The van der Waals surface area contributed by atoms with Crippen LogP contribution >= 0.6 is 11.6 Å². The summed E-state index contributed by atoms with van der Waals surface area (Å²) in [6, 6.07) is 3.77. The Bertz CT molecular complexity index is 799. The Morgan fingerprint density at radius 2 is 2.12 bits per heavy atom. The molecule has 1 N–H and O–H groups in total. The molecule has 9 heteroatoms. The molecule has 1 amide bonds. The summed E-state index contributed by atoms with van der Waals surface area (Å²) >= 11 is 6.04. The average molecular weight is 351 g/mol. The van der Waals surface area contributed by atoms with Crippen molar-refractivity contribution in [2.75, 3.05) is 0 Å². The van der Waals surface area contributed by atoms with Gasteiger partial charge in [0.05, 0.1) is 15.5 Å². The molecule has 0 spiro atoms. The largest absolute Gasteiger partial charge is 0.340 e. The van der Waals surface area contributed by atoms with Gasteiger partial charge in [0, 0.05) is 19.1 Å². The lowest BCUT2D eigenvalue weighted by Crippen LogP contribution is -2.44. The zero-order valence-electron chi connectivity index (χ0n) is 12.9. The fraction of sp³-hybridized carbons (Fsp3) is 0.400. The van der Waals surface area contributed by atoms with Crippen LogP contribution in [-0.4, -0.2) is 21.0 Å². The van der Waals surface area contributed by atoms with Crippen LogP contribution < -0.4 is 5.32 Å². The Kier molecular flexibility index (Phi) is 4.23. The first kappa shape index (κ1) is 16.4. The van der Waals surface area contributed by atoms with E-state index in [1.165, 1.54) is 18.2 Å². The summed E-state index contributed by atoms with van der Waals surface area (Å²) < 4.78 is 5.04. The SMILES string of the molecule is Cc1nc(C2(NC(=O)c3cc([N+](=O)[O-])ccc3Cl)CCCC2)no1. The molecule has 0 saturated heterocycles. The van der Waals surface area contributed by atoms with Gasteiger partial charge in [-0.25, -0.2) is 0 Å². The van der Waals surface area contributed by atoms with Crippen molar-refractivity contribution < 1.29 is 14.2 Å². The first-order valence-electron chi connectivity index (χ1n) is 7.48. The molecule has 126 valence electrons. The number of benzene rings is 1. The Labute approximate surface area is 142 Å². The van der Waals surface area contributed by atoms with Gasteiger partial charge in [-0.3, -0.25) is 14.9 Å². The number of hydrogen-bond acceptors (Lipinski definition) is 6. The molecule has 1 aliphatic rings. The second kappa shape index (κ2) is 6.20. The van der Waals surface area contributed by atoms with Crippen LogP contribution in [0.5, 0.6) is 0 Å². The van der Waals surface area contributed by atoms with Crippen molar-refractivity contribution in [2.45, 2.75) is 38.1 Å². The normalized spacial score (nSPS) is 16.1. The summed E-state index contributed by atoms with van der Waals surface area (Å²) in [5.41, 5.74) is -0.874. The number of halogens is 1. The number of nitrogens with zero attached hydrogens (tertiary/aromatic N) is 3. The van der Waals surface area contributed by atoms with Gasteiger partial charge < -0.3 is 9.84 Å². The van der Waals surface area contributed by atoms with Gasteiger partial charge in [0.25, 0.3) is 11.6 Å². The third kappa shape index (κ3) is 2.96. The van der Waals surface area contributed by atoms with Crippen LogP contribution in [0.25, 0.3) is 0 Å². The van der Waals surface area contributed by atoms with Gasteiger partial charge in [-0.1, -0.05) is 29.6 Å². The smallest absolute Gasteiger partial charge is 0.270 e. The van der Waals surface area contributed by atoms with Crippen molar-refractivity contribution >= 4 is 23.2 Å². The standard InChI is InChI=1S/C15H15ClN4O4/c1-9-17-14(19-24-9)15(6-2-3-7-15)18-13(21)11-8-10(20(22)23)4-5-12(11)16/h4-5,8H,2-3,6-7H2,1H3,(H,18,21). The number of hydrogen-bond donors (Lipinski definition) is 1. The molecule has 1 aromatic heterocycles. The van der Waals surface area contributed by atoms with E-state index in [0.29, 0.717) is 24.6 Å². The molecule has 0 radical (unpaired) electrons. The molecule has 8 nitrogen and oxygen atoms in total. The van der Waals surface area contributed by atoms with Crippen molar-refractivity contribution in [3.63, 3.8) is 0 Å². The lowest BCUT2D eigenvalue weighted by atomic mass is 9.95. The molecular weight excluding hydrogens is 336 g/mol. The van der Waals surface area contributed by atoms with Crippen LogP contribution in [0.15, 0.2) is 22.7 Å². The highest BCUT2D eigenvalue weighted by atomic mass is 35.5.